The van der Waals surface area contributed by atoms with Crippen LogP contribution < -0.4 is 15.8 Å². The van der Waals surface area contributed by atoms with Gasteiger partial charge >= 0.3 is 13.3 Å². The molecule has 1 atom stereocenters. The number of nitrogens with zero attached hydrogens (tertiary/aromatic N) is 2. The quantitative estimate of drug-likeness (QED) is 0.216. The summed E-state index contributed by atoms with van der Waals surface area (Å²) in [5.41, 5.74) is -2.74. The molecule has 1 aliphatic heterocycles. The Bertz CT molecular complexity index is 1660. The predicted octanol–water partition coefficient (Wildman–Crippen LogP) is 6.00. The van der Waals surface area contributed by atoms with E-state index in [1.807, 2.05) is 13.8 Å². The Labute approximate surface area is 230 Å². The predicted molar refractivity (Wildman–Crippen MR) is 139 cm³/mol. The fourth-order valence-corrected chi connectivity index (χ4v) is 4.75. The van der Waals surface area contributed by atoms with Gasteiger partial charge in [0.05, 0.1) is 28.8 Å². The largest absolute Gasteiger partial charge is 0.494 e. The van der Waals surface area contributed by atoms with Gasteiger partial charge in [0, 0.05) is 36.3 Å². The Morgan fingerprint density at radius 2 is 1.68 bits per heavy atom. The van der Waals surface area contributed by atoms with E-state index >= 15 is 0 Å². The standard InChI is InChI=1S/C28H23BF6N2O4/c1-15(24-20(31)9-16(30)10-21(24)32)37-14-36-26(38)18-11-17(7-8-22(18)37)41-23-6-4-5-19(25(23)28(33,34)35)29-39-12-27(2,3)13-40-29/h4-11,14-15H,12-13H2,1-3H3/t15-/m1/s1. The van der Waals surface area contributed by atoms with Crippen LogP contribution in [0, 0.1) is 22.9 Å². The number of hydrogen-bond donors (Lipinski definition) is 0. The van der Waals surface area contributed by atoms with Crippen molar-refractivity contribution in [3.05, 3.63) is 93.8 Å². The van der Waals surface area contributed by atoms with E-state index in [-0.39, 0.29) is 40.7 Å². The third kappa shape index (κ3) is 5.69. The molecular formula is C28H23BF6N2O4. The van der Waals surface area contributed by atoms with Gasteiger partial charge in [0.25, 0.3) is 5.56 Å². The maximum atomic E-state index is 14.5. The van der Waals surface area contributed by atoms with Crippen molar-refractivity contribution in [3.8, 4) is 11.5 Å². The van der Waals surface area contributed by atoms with E-state index in [0.29, 0.717) is 12.1 Å². The number of halogens is 6. The highest BCUT2D eigenvalue weighted by atomic mass is 19.4. The number of alkyl halides is 3. The Morgan fingerprint density at radius 1 is 1.02 bits per heavy atom. The Balaban J connectivity index is 1.54. The van der Waals surface area contributed by atoms with E-state index in [2.05, 4.69) is 4.98 Å². The van der Waals surface area contributed by atoms with Gasteiger partial charge in [-0.2, -0.15) is 18.2 Å². The minimum absolute atomic E-state index is 0.0781. The normalized spacial score (nSPS) is 16.2. The summed E-state index contributed by atoms with van der Waals surface area (Å²) in [6.45, 7) is 5.53. The van der Waals surface area contributed by atoms with E-state index in [1.165, 1.54) is 41.8 Å². The zero-order valence-corrected chi connectivity index (χ0v) is 22.1. The van der Waals surface area contributed by atoms with Crippen LogP contribution in [-0.4, -0.2) is 29.9 Å². The molecule has 4 aromatic rings. The third-order valence-corrected chi connectivity index (χ3v) is 6.73. The summed E-state index contributed by atoms with van der Waals surface area (Å²) in [7, 11) is -1.26. The van der Waals surface area contributed by atoms with Crippen molar-refractivity contribution < 1.29 is 40.4 Å². The van der Waals surface area contributed by atoms with Gasteiger partial charge in [0.15, 0.2) is 0 Å². The molecule has 0 amide bonds. The lowest BCUT2D eigenvalue weighted by atomic mass is 9.73. The zero-order valence-electron chi connectivity index (χ0n) is 22.1. The molecule has 1 saturated heterocycles. The second-order valence-electron chi connectivity index (χ2n) is 10.5. The molecule has 1 aromatic heterocycles. The fraction of sp³-hybridized carbons (Fsp3) is 0.286. The van der Waals surface area contributed by atoms with Crippen LogP contribution >= 0.6 is 0 Å². The molecule has 0 N–H and O–H groups in total. The average molecular weight is 576 g/mol. The molecule has 0 saturated carbocycles. The highest BCUT2D eigenvalue weighted by Crippen LogP contribution is 2.38. The molecule has 0 bridgehead atoms. The van der Waals surface area contributed by atoms with Crippen LogP contribution in [-0.2, 0) is 15.5 Å². The van der Waals surface area contributed by atoms with Crippen LogP contribution in [0.3, 0.4) is 0 Å². The molecule has 0 unspecified atom stereocenters. The molecule has 214 valence electrons. The molecule has 3 aromatic carbocycles. The highest BCUT2D eigenvalue weighted by molar-refractivity contribution is 6.62. The summed E-state index contributed by atoms with van der Waals surface area (Å²) < 4.78 is 103. The average Bonchev–Trinajstić information content (AvgIpc) is 2.88. The van der Waals surface area contributed by atoms with Gasteiger partial charge in [-0.1, -0.05) is 26.0 Å². The Kier molecular flexibility index (Phi) is 7.37. The molecular weight excluding hydrogens is 553 g/mol. The van der Waals surface area contributed by atoms with Crippen molar-refractivity contribution in [3.63, 3.8) is 0 Å². The fourth-order valence-electron chi connectivity index (χ4n) is 4.75. The van der Waals surface area contributed by atoms with Gasteiger partial charge in [-0.25, -0.2) is 13.2 Å². The lowest BCUT2D eigenvalue weighted by Crippen LogP contribution is -2.49. The SMILES string of the molecule is C[C@H](c1c(F)cc(F)cc1F)n1cnc(=O)c2cc(Oc3cccc(B4OCC(C)(C)CO4)c3C(F)(F)F)ccc21. The molecule has 6 nitrogen and oxygen atoms in total. The van der Waals surface area contributed by atoms with Crippen molar-refractivity contribution in [1.29, 1.82) is 0 Å². The summed E-state index contributed by atoms with van der Waals surface area (Å²) in [5, 5.41) is -0.0781. The van der Waals surface area contributed by atoms with Crippen LogP contribution in [0.1, 0.15) is 37.9 Å². The molecule has 41 heavy (non-hydrogen) atoms. The van der Waals surface area contributed by atoms with Crippen molar-refractivity contribution in [2.75, 3.05) is 13.2 Å². The zero-order chi connectivity index (χ0) is 29.7. The van der Waals surface area contributed by atoms with E-state index < -0.39 is 59.2 Å². The van der Waals surface area contributed by atoms with Crippen molar-refractivity contribution in [1.82, 2.24) is 9.55 Å². The van der Waals surface area contributed by atoms with Crippen LogP contribution in [0.25, 0.3) is 10.9 Å². The number of benzene rings is 3. The van der Waals surface area contributed by atoms with Gasteiger partial charge in [0.1, 0.15) is 29.0 Å². The summed E-state index contributed by atoms with van der Waals surface area (Å²) in [6, 6.07) is 7.62. The first-order valence-electron chi connectivity index (χ1n) is 12.5. The molecule has 5 rings (SSSR count). The first-order chi connectivity index (χ1) is 19.2. The maximum Gasteiger partial charge on any atom is 0.494 e. The van der Waals surface area contributed by atoms with Gasteiger partial charge in [-0.15, -0.1) is 0 Å². The number of hydrogen-bond acceptors (Lipinski definition) is 5. The maximum absolute atomic E-state index is 14.5. The Morgan fingerprint density at radius 3 is 2.32 bits per heavy atom. The van der Waals surface area contributed by atoms with Crippen molar-refractivity contribution in [2.24, 2.45) is 5.41 Å². The third-order valence-electron chi connectivity index (χ3n) is 6.73. The van der Waals surface area contributed by atoms with Gasteiger partial charge in [-0.05, 0) is 36.7 Å². The molecule has 0 radical (unpaired) electrons. The minimum Gasteiger partial charge on any atom is -0.457 e. The first kappa shape index (κ1) is 28.7. The van der Waals surface area contributed by atoms with Crippen molar-refractivity contribution >= 4 is 23.5 Å². The highest BCUT2D eigenvalue weighted by Gasteiger charge is 2.43. The van der Waals surface area contributed by atoms with E-state index in [0.717, 1.165) is 12.4 Å². The molecule has 2 heterocycles. The van der Waals surface area contributed by atoms with Gasteiger partial charge in [-0.3, -0.25) is 4.79 Å². The second kappa shape index (κ2) is 10.5. The van der Waals surface area contributed by atoms with E-state index in [1.54, 1.807) is 0 Å². The van der Waals surface area contributed by atoms with E-state index in [4.69, 9.17) is 14.0 Å². The van der Waals surface area contributed by atoms with Gasteiger partial charge < -0.3 is 18.6 Å². The number of aromatic nitrogens is 2. The smallest absolute Gasteiger partial charge is 0.457 e. The molecule has 1 fully saturated rings. The molecule has 0 aliphatic carbocycles. The summed E-state index contributed by atoms with van der Waals surface area (Å²) in [5.74, 6) is -4.00. The molecule has 0 spiro atoms. The summed E-state index contributed by atoms with van der Waals surface area (Å²) >= 11 is 0. The summed E-state index contributed by atoms with van der Waals surface area (Å²) in [6.07, 6.45) is -3.76. The topological polar surface area (TPSA) is 62.6 Å². The minimum atomic E-state index is -4.84. The second-order valence-corrected chi connectivity index (χ2v) is 10.5. The first-order valence-corrected chi connectivity index (χ1v) is 12.5. The Hall–Kier alpha value is -3.84. The lowest BCUT2D eigenvalue weighted by Gasteiger charge is -2.34. The molecule has 1 aliphatic rings. The number of ether oxygens (including phenoxy) is 1. The molecule has 13 heteroatoms. The lowest BCUT2D eigenvalue weighted by molar-refractivity contribution is -0.138. The van der Waals surface area contributed by atoms with Crippen LogP contribution in [0.4, 0.5) is 26.3 Å². The van der Waals surface area contributed by atoms with Gasteiger partial charge in [0.2, 0.25) is 0 Å². The monoisotopic (exact) mass is 576 g/mol. The van der Waals surface area contributed by atoms with Crippen LogP contribution in [0.15, 0.2) is 59.7 Å². The number of fused-ring (bicyclic) bond motifs is 1. The van der Waals surface area contributed by atoms with Crippen LogP contribution in [0.5, 0.6) is 11.5 Å². The van der Waals surface area contributed by atoms with E-state index in [9.17, 15) is 31.1 Å². The number of rotatable bonds is 5. The summed E-state index contributed by atoms with van der Waals surface area (Å²) in [4.78, 5) is 16.4. The van der Waals surface area contributed by atoms with Crippen LogP contribution in [0.2, 0.25) is 0 Å². The van der Waals surface area contributed by atoms with Crippen molar-refractivity contribution in [2.45, 2.75) is 33.0 Å².